The normalized spacial score (nSPS) is 20.6. The van der Waals surface area contributed by atoms with Gasteiger partial charge in [0.15, 0.2) is 0 Å². The van der Waals surface area contributed by atoms with Gasteiger partial charge >= 0.3 is 0 Å². The zero-order chi connectivity index (χ0) is 17.8. The minimum Gasteiger partial charge on any atom is -0.421 e. The summed E-state index contributed by atoms with van der Waals surface area (Å²) >= 11 is 0. The molecule has 6 heteroatoms. The number of hydrogen-bond donors (Lipinski definition) is 0. The fraction of sp³-hybridized carbons (Fsp3) is 0.368. The molecular weight excluding hydrogens is 316 g/mol. The summed E-state index contributed by atoms with van der Waals surface area (Å²) in [6, 6.07) is 9.40. The Hall–Kier alpha value is -2.94. The predicted octanol–water partition coefficient (Wildman–Crippen LogP) is 3.23. The van der Waals surface area contributed by atoms with E-state index in [1.807, 2.05) is 30.0 Å². The summed E-state index contributed by atoms with van der Waals surface area (Å²) in [5.41, 5.74) is 1.58. The number of amides is 1. The number of nitrogens with zero attached hydrogens (tertiary/aromatic N) is 4. The van der Waals surface area contributed by atoms with E-state index < -0.39 is 0 Å². The molecule has 0 radical (unpaired) electrons. The van der Waals surface area contributed by atoms with E-state index in [0.717, 1.165) is 24.9 Å². The van der Waals surface area contributed by atoms with Crippen molar-refractivity contribution in [1.82, 2.24) is 15.1 Å². The van der Waals surface area contributed by atoms with E-state index in [9.17, 15) is 4.79 Å². The van der Waals surface area contributed by atoms with Crippen molar-refractivity contribution in [2.45, 2.75) is 38.6 Å². The molecule has 1 fully saturated rings. The van der Waals surface area contributed by atoms with Crippen molar-refractivity contribution < 1.29 is 9.21 Å². The number of carbonyl (C=O) groups excluding carboxylic acids is 1. The van der Waals surface area contributed by atoms with Crippen molar-refractivity contribution in [1.29, 1.82) is 5.26 Å². The number of likely N-dealkylation sites (tertiary alicyclic amines) is 1. The molecule has 0 spiro atoms. The van der Waals surface area contributed by atoms with Crippen LogP contribution < -0.4 is 0 Å². The maximum Gasteiger partial charge on any atom is 0.240 e. The Kier molecular flexibility index (Phi) is 4.94. The molecule has 2 heterocycles. The molecule has 0 saturated carbocycles. The van der Waals surface area contributed by atoms with Crippen LogP contribution in [0.15, 0.2) is 28.7 Å². The highest BCUT2D eigenvalue weighted by molar-refractivity contribution is 5.73. The highest BCUT2D eigenvalue weighted by atomic mass is 16.4. The molecule has 1 aromatic carbocycles. The van der Waals surface area contributed by atoms with Gasteiger partial charge in [-0.05, 0) is 43.5 Å². The van der Waals surface area contributed by atoms with Crippen LogP contribution in [0.2, 0.25) is 0 Å². The summed E-state index contributed by atoms with van der Waals surface area (Å²) in [5, 5.41) is 17.1. The third-order valence-electron chi connectivity index (χ3n) is 4.62. The van der Waals surface area contributed by atoms with Gasteiger partial charge in [0, 0.05) is 25.6 Å². The van der Waals surface area contributed by atoms with Gasteiger partial charge in [-0.25, -0.2) is 0 Å². The summed E-state index contributed by atoms with van der Waals surface area (Å²) in [5.74, 6) is 1.17. The lowest BCUT2D eigenvalue weighted by Crippen LogP contribution is -2.44. The zero-order valence-electron chi connectivity index (χ0n) is 14.3. The van der Waals surface area contributed by atoms with E-state index >= 15 is 0 Å². The largest absolute Gasteiger partial charge is 0.421 e. The lowest BCUT2D eigenvalue weighted by molar-refractivity contribution is -0.132. The molecule has 1 aliphatic heterocycles. The third kappa shape index (κ3) is 3.77. The molecule has 0 aliphatic carbocycles. The van der Waals surface area contributed by atoms with E-state index in [1.165, 1.54) is 0 Å². The summed E-state index contributed by atoms with van der Waals surface area (Å²) in [6.07, 6.45) is 5.50. The third-order valence-corrected chi connectivity index (χ3v) is 4.62. The number of aromatic nitrogens is 2. The standard InChI is InChI=1S/C19H20N4O2/c1-13-17(4-3-11-23(13)14(2)24)19-22-21-18(25-19)10-9-15-5-7-16(12-20)8-6-15/h5-10,13,17H,3-4,11H2,1-2H3/b10-9+/t13-,17-/m0/s1. The van der Waals surface area contributed by atoms with Crippen molar-refractivity contribution in [3.05, 3.63) is 47.2 Å². The second kappa shape index (κ2) is 7.31. The van der Waals surface area contributed by atoms with Crippen LogP contribution in [0.4, 0.5) is 0 Å². The van der Waals surface area contributed by atoms with E-state index in [4.69, 9.17) is 9.68 Å². The Balaban J connectivity index is 1.72. The average Bonchev–Trinajstić information content (AvgIpc) is 3.09. The SMILES string of the molecule is CC(=O)N1CCC[C@H](c2nnc(/C=C/c3ccc(C#N)cc3)o2)[C@@H]1C. The molecule has 3 rings (SSSR count). The first-order chi connectivity index (χ1) is 12.1. The van der Waals surface area contributed by atoms with Crippen LogP contribution in [0, 0.1) is 11.3 Å². The number of rotatable bonds is 3. The molecule has 6 nitrogen and oxygen atoms in total. The van der Waals surface area contributed by atoms with Gasteiger partial charge in [0.1, 0.15) is 0 Å². The molecule has 2 aromatic rings. The van der Waals surface area contributed by atoms with Gasteiger partial charge in [-0.2, -0.15) is 5.26 Å². The molecule has 0 unspecified atom stereocenters. The van der Waals surface area contributed by atoms with Crippen molar-refractivity contribution in [2.75, 3.05) is 6.54 Å². The fourth-order valence-corrected chi connectivity index (χ4v) is 3.22. The molecule has 25 heavy (non-hydrogen) atoms. The summed E-state index contributed by atoms with van der Waals surface area (Å²) in [6.45, 7) is 4.41. The number of benzene rings is 1. The topological polar surface area (TPSA) is 83.0 Å². The van der Waals surface area contributed by atoms with Gasteiger partial charge < -0.3 is 9.32 Å². The van der Waals surface area contributed by atoms with Gasteiger partial charge in [-0.3, -0.25) is 4.79 Å². The smallest absolute Gasteiger partial charge is 0.240 e. The fourth-order valence-electron chi connectivity index (χ4n) is 3.22. The number of hydrogen-bond acceptors (Lipinski definition) is 5. The summed E-state index contributed by atoms with van der Waals surface area (Å²) in [7, 11) is 0. The average molecular weight is 336 g/mol. The predicted molar refractivity (Wildman–Crippen MR) is 93.2 cm³/mol. The molecule has 0 N–H and O–H groups in total. The van der Waals surface area contributed by atoms with E-state index in [0.29, 0.717) is 17.3 Å². The minimum absolute atomic E-state index is 0.0575. The van der Waals surface area contributed by atoms with Crippen LogP contribution in [0.5, 0.6) is 0 Å². The molecule has 128 valence electrons. The molecule has 1 saturated heterocycles. The van der Waals surface area contributed by atoms with Gasteiger partial charge in [-0.1, -0.05) is 12.1 Å². The molecule has 2 atom stereocenters. The van der Waals surface area contributed by atoms with E-state index in [1.54, 1.807) is 25.1 Å². The molecule has 1 aromatic heterocycles. The maximum atomic E-state index is 11.7. The number of piperidine rings is 1. The van der Waals surface area contributed by atoms with Crippen molar-refractivity contribution in [2.24, 2.45) is 0 Å². The summed E-state index contributed by atoms with van der Waals surface area (Å²) in [4.78, 5) is 13.6. The molecule has 1 amide bonds. The Morgan fingerprint density at radius 1 is 1.32 bits per heavy atom. The Morgan fingerprint density at radius 2 is 2.08 bits per heavy atom. The second-order valence-corrected chi connectivity index (χ2v) is 6.25. The lowest BCUT2D eigenvalue weighted by Gasteiger charge is -2.37. The van der Waals surface area contributed by atoms with Crippen LogP contribution in [0.1, 0.15) is 55.5 Å². The van der Waals surface area contributed by atoms with Crippen molar-refractivity contribution in [3.63, 3.8) is 0 Å². The number of carbonyl (C=O) groups is 1. The first-order valence-corrected chi connectivity index (χ1v) is 8.37. The maximum absolute atomic E-state index is 11.7. The lowest BCUT2D eigenvalue weighted by atomic mass is 9.90. The first kappa shape index (κ1) is 16.9. The van der Waals surface area contributed by atoms with Gasteiger partial charge in [0.05, 0.1) is 17.6 Å². The monoisotopic (exact) mass is 336 g/mol. The Labute approximate surface area is 146 Å². The Bertz CT molecular complexity index is 817. The minimum atomic E-state index is 0.0575. The highest BCUT2D eigenvalue weighted by Crippen LogP contribution is 2.31. The van der Waals surface area contributed by atoms with E-state index in [-0.39, 0.29) is 17.9 Å². The number of nitriles is 1. The van der Waals surface area contributed by atoms with E-state index in [2.05, 4.69) is 16.3 Å². The highest BCUT2D eigenvalue weighted by Gasteiger charge is 2.33. The van der Waals surface area contributed by atoms with Crippen LogP contribution in [-0.2, 0) is 4.79 Å². The van der Waals surface area contributed by atoms with Crippen LogP contribution in [0.3, 0.4) is 0 Å². The van der Waals surface area contributed by atoms with Gasteiger partial charge in [0.25, 0.3) is 0 Å². The quantitative estimate of drug-likeness (QED) is 0.859. The molecular formula is C19H20N4O2. The second-order valence-electron chi connectivity index (χ2n) is 6.25. The summed E-state index contributed by atoms with van der Waals surface area (Å²) < 4.78 is 5.79. The first-order valence-electron chi connectivity index (χ1n) is 8.37. The van der Waals surface area contributed by atoms with Crippen molar-refractivity contribution in [3.8, 4) is 6.07 Å². The molecule has 0 bridgehead atoms. The Morgan fingerprint density at radius 3 is 2.76 bits per heavy atom. The van der Waals surface area contributed by atoms with Gasteiger partial charge in [-0.15, -0.1) is 10.2 Å². The van der Waals surface area contributed by atoms with Crippen LogP contribution >= 0.6 is 0 Å². The molecule has 1 aliphatic rings. The van der Waals surface area contributed by atoms with Gasteiger partial charge in [0.2, 0.25) is 17.7 Å². The zero-order valence-corrected chi connectivity index (χ0v) is 14.3. The van der Waals surface area contributed by atoms with Crippen LogP contribution in [0.25, 0.3) is 12.2 Å². The van der Waals surface area contributed by atoms with Crippen LogP contribution in [-0.4, -0.2) is 33.6 Å². The van der Waals surface area contributed by atoms with Crippen molar-refractivity contribution >= 4 is 18.1 Å².